The van der Waals surface area contributed by atoms with Gasteiger partial charge in [-0.2, -0.15) is 11.8 Å². The maximum atomic E-state index is 11.9. The van der Waals surface area contributed by atoms with Gasteiger partial charge in [0.05, 0.1) is 9.80 Å². The molecule has 0 amide bonds. The largest absolute Gasteiger partial charge is 0.508 e. The molecular weight excluding hydrogens is 232 g/mol. The van der Waals surface area contributed by atoms with Gasteiger partial charge in [0.15, 0.2) is 0 Å². The molecule has 0 aromatic heterocycles. The van der Waals surface area contributed by atoms with Gasteiger partial charge in [-0.3, -0.25) is 0 Å². The van der Waals surface area contributed by atoms with Crippen molar-refractivity contribution in [3.8, 4) is 5.75 Å². The van der Waals surface area contributed by atoms with Crippen LogP contribution in [-0.4, -0.2) is 25.5 Å². The second-order valence-corrected chi connectivity index (χ2v) is 6.11. The quantitative estimate of drug-likeness (QED) is 0.860. The van der Waals surface area contributed by atoms with Crippen molar-refractivity contribution in [3.05, 3.63) is 28.7 Å². The molecule has 0 unspecified atom stereocenters. The van der Waals surface area contributed by atoms with E-state index in [0.717, 1.165) is 0 Å². The SMILES string of the molecule is CSCC1=Cc2ccc(O)cc2S1(=O)=O. The molecule has 1 aliphatic heterocycles. The highest BCUT2D eigenvalue weighted by Crippen LogP contribution is 2.35. The Kier molecular flexibility index (Phi) is 2.52. The van der Waals surface area contributed by atoms with E-state index in [1.807, 2.05) is 6.26 Å². The van der Waals surface area contributed by atoms with E-state index in [-0.39, 0.29) is 10.6 Å². The first-order chi connectivity index (χ1) is 7.05. The average Bonchev–Trinajstić information content (AvgIpc) is 2.41. The molecule has 0 spiro atoms. The van der Waals surface area contributed by atoms with Gasteiger partial charge in [-0.15, -0.1) is 0 Å². The van der Waals surface area contributed by atoms with Gasteiger partial charge in [0.2, 0.25) is 9.84 Å². The molecule has 0 fully saturated rings. The minimum absolute atomic E-state index is 0.0175. The van der Waals surface area contributed by atoms with E-state index >= 15 is 0 Å². The molecule has 0 aliphatic carbocycles. The molecule has 15 heavy (non-hydrogen) atoms. The highest BCUT2D eigenvalue weighted by molar-refractivity contribution is 8.01. The van der Waals surface area contributed by atoms with Crippen LogP contribution in [0.2, 0.25) is 0 Å². The number of hydrogen-bond donors (Lipinski definition) is 1. The first-order valence-electron chi connectivity index (χ1n) is 4.33. The topological polar surface area (TPSA) is 54.4 Å². The smallest absolute Gasteiger partial charge is 0.204 e. The highest BCUT2D eigenvalue weighted by atomic mass is 32.2. The van der Waals surface area contributed by atoms with Crippen LogP contribution in [-0.2, 0) is 9.84 Å². The van der Waals surface area contributed by atoms with Gasteiger partial charge >= 0.3 is 0 Å². The number of rotatable bonds is 2. The van der Waals surface area contributed by atoms with Gasteiger partial charge in [-0.05, 0) is 36.1 Å². The lowest BCUT2D eigenvalue weighted by Gasteiger charge is -2.01. The van der Waals surface area contributed by atoms with Crippen molar-refractivity contribution >= 4 is 27.7 Å². The van der Waals surface area contributed by atoms with Gasteiger partial charge in [-0.25, -0.2) is 8.42 Å². The zero-order valence-electron chi connectivity index (χ0n) is 8.10. The third-order valence-corrected chi connectivity index (χ3v) is 4.90. The first kappa shape index (κ1) is 10.6. The summed E-state index contributed by atoms with van der Waals surface area (Å²) in [7, 11) is -3.35. The fourth-order valence-electron chi connectivity index (χ4n) is 1.53. The third-order valence-electron chi connectivity index (χ3n) is 2.23. The zero-order chi connectivity index (χ0) is 11.1. The summed E-state index contributed by atoms with van der Waals surface area (Å²) < 4.78 is 23.9. The highest BCUT2D eigenvalue weighted by Gasteiger charge is 2.29. The lowest BCUT2D eigenvalue weighted by Crippen LogP contribution is -2.02. The summed E-state index contributed by atoms with van der Waals surface area (Å²) in [5.74, 6) is 0.453. The lowest BCUT2D eigenvalue weighted by molar-refractivity contribution is 0.473. The Labute approximate surface area is 92.7 Å². The maximum absolute atomic E-state index is 11.9. The van der Waals surface area contributed by atoms with Crippen LogP contribution >= 0.6 is 11.8 Å². The minimum Gasteiger partial charge on any atom is -0.508 e. The second-order valence-electron chi connectivity index (χ2n) is 3.27. The molecule has 0 saturated heterocycles. The Balaban J connectivity index is 2.58. The molecule has 1 aromatic carbocycles. The summed E-state index contributed by atoms with van der Waals surface area (Å²) in [5.41, 5.74) is 0.664. The molecule has 0 atom stereocenters. The normalized spacial score (nSPS) is 17.3. The number of phenolic OH excluding ortho intramolecular Hbond substituents is 1. The number of aromatic hydroxyl groups is 1. The van der Waals surface area contributed by atoms with E-state index in [9.17, 15) is 13.5 Å². The zero-order valence-corrected chi connectivity index (χ0v) is 9.73. The van der Waals surface area contributed by atoms with Crippen molar-refractivity contribution in [1.82, 2.24) is 0 Å². The molecule has 1 aliphatic rings. The minimum atomic E-state index is -3.35. The Hall–Kier alpha value is -0.940. The van der Waals surface area contributed by atoms with E-state index in [1.165, 1.54) is 23.9 Å². The van der Waals surface area contributed by atoms with Crippen molar-refractivity contribution in [2.24, 2.45) is 0 Å². The number of benzene rings is 1. The summed E-state index contributed by atoms with van der Waals surface area (Å²) in [6, 6.07) is 4.41. The van der Waals surface area contributed by atoms with Gasteiger partial charge in [0, 0.05) is 5.75 Å². The second kappa shape index (κ2) is 3.57. The predicted octanol–water partition coefficient (Wildman–Crippen LogP) is 1.88. The first-order valence-corrected chi connectivity index (χ1v) is 7.21. The summed E-state index contributed by atoms with van der Waals surface area (Å²) >= 11 is 1.47. The van der Waals surface area contributed by atoms with Crippen LogP contribution in [0.5, 0.6) is 5.75 Å². The van der Waals surface area contributed by atoms with E-state index in [2.05, 4.69) is 0 Å². The van der Waals surface area contributed by atoms with E-state index in [4.69, 9.17) is 0 Å². The number of thioether (sulfide) groups is 1. The van der Waals surface area contributed by atoms with Crippen molar-refractivity contribution in [2.45, 2.75) is 4.90 Å². The maximum Gasteiger partial charge on any atom is 0.204 e. The molecule has 0 bridgehead atoms. The number of hydrogen-bond acceptors (Lipinski definition) is 4. The van der Waals surface area contributed by atoms with E-state index in [1.54, 1.807) is 12.1 Å². The third kappa shape index (κ3) is 1.66. The van der Waals surface area contributed by atoms with E-state index in [0.29, 0.717) is 16.2 Å². The summed E-state index contributed by atoms with van der Waals surface area (Å²) in [6.07, 6.45) is 3.53. The monoisotopic (exact) mass is 242 g/mol. The Bertz CT molecular complexity index is 530. The summed E-state index contributed by atoms with van der Waals surface area (Å²) in [6.45, 7) is 0. The van der Waals surface area contributed by atoms with Crippen LogP contribution in [0, 0.1) is 0 Å². The van der Waals surface area contributed by atoms with Crippen LogP contribution in [0.1, 0.15) is 5.56 Å². The van der Waals surface area contributed by atoms with Crippen molar-refractivity contribution in [3.63, 3.8) is 0 Å². The molecule has 2 rings (SSSR count). The van der Waals surface area contributed by atoms with Crippen LogP contribution in [0.4, 0.5) is 0 Å². The van der Waals surface area contributed by atoms with Gasteiger partial charge in [0.25, 0.3) is 0 Å². The molecule has 0 radical (unpaired) electrons. The summed E-state index contributed by atoms with van der Waals surface area (Å²) in [4.78, 5) is 0.627. The van der Waals surface area contributed by atoms with Gasteiger partial charge in [0.1, 0.15) is 5.75 Å². The Morgan fingerprint density at radius 1 is 1.40 bits per heavy atom. The molecule has 80 valence electrons. The molecular formula is C10H10O3S2. The number of phenols is 1. The van der Waals surface area contributed by atoms with E-state index < -0.39 is 9.84 Å². The molecule has 0 saturated carbocycles. The molecule has 1 aromatic rings. The predicted molar refractivity (Wildman–Crippen MR) is 61.7 cm³/mol. The molecule has 1 N–H and O–H groups in total. The number of sulfone groups is 1. The molecule has 1 heterocycles. The van der Waals surface area contributed by atoms with Crippen LogP contribution in [0.3, 0.4) is 0 Å². The standard InChI is InChI=1S/C10H10O3S2/c1-14-6-9-4-7-2-3-8(11)5-10(7)15(9,12)13/h2-5,11H,6H2,1H3. The van der Waals surface area contributed by atoms with Crippen molar-refractivity contribution < 1.29 is 13.5 Å². The fourth-order valence-corrected chi connectivity index (χ4v) is 4.15. The van der Waals surface area contributed by atoms with Crippen LogP contribution in [0.25, 0.3) is 6.08 Å². The molecule has 3 nitrogen and oxygen atoms in total. The van der Waals surface area contributed by atoms with Crippen molar-refractivity contribution in [2.75, 3.05) is 12.0 Å². The van der Waals surface area contributed by atoms with Crippen molar-refractivity contribution in [1.29, 1.82) is 0 Å². The average molecular weight is 242 g/mol. The fraction of sp³-hybridized carbons (Fsp3) is 0.200. The molecule has 5 heteroatoms. The Morgan fingerprint density at radius 3 is 2.80 bits per heavy atom. The number of fused-ring (bicyclic) bond motifs is 1. The van der Waals surface area contributed by atoms with Gasteiger partial charge in [-0.1, -0.05) is 0 Å². The van der Waals surface area contributed by atoms with Gasteiger partial charge < -0.3 is 5.11 Å². The Morgan fingerprint density at radius 2 is 2.13 bits per heavy atom. The van der Waals surface area contributed by atoms with Crippen LogP contribution in [0.15, 0.2) is 28.0 Å². The lowest BCUT2D eigenvalue weighted by atomic mass is 10.2. The summed E-state index contributed by atoms with van der Waals surface area (Å²) in [5, 5.41) is 9.25. The van der Waals surface area contributed by atoms with Crippen LogP contribution < -0.4 is 0 Å².